The van der Waals surface area contributed by atoms with Crippen LogP contribution in [0.2, 0.25) is 0 Å². The lowest BCUT2D eigenvalue weighted by Crippen LogP contribution is -2.54. The summed E-state index contributed by atoms with van der Waals surface area (Å²) in [4.78, 5) is 63.4. The van der Waals surface area contributed by atoms with Gasteiger partial charge in [0.2, 0.25) is 17.5 Å². The van der Waals surface area contributed by atoms with Gasteiger partial charge in [0, 0.05) is 19.5 Å². The van der Waals surface area contributed by atoms with Gasteiger partial charge in [0.15, 0.2) is 0 Å². The number of carbonyl (C=O) groups excluding carboxylic acids is 4. The highest BCUT2D eigenvalue weighted by molar-refractivity contribution is 6.24. The lowest BCUT2D eigenvalue weighted by Gasteiger charge is -2.32. The fourth-order valence-electron chi connectivity index (χ4n) is 5.57. The van der Waals surface area contributed by atoms with Gasteiger partial charge >= 0.3 is 5.69 Å². The molecule has 4 heterocycles. The van der Waals surface area contributed by atoms with Gasteiger partial charge in [-0.1, -0.05) is 12.1 Å². The second-order valence-electron chi connectivity index (χ2n) is 9.90. The number of halogens is 2. The maximum atomic E-state index is 13.2. The zero-order chi connectivity index (χ0) is 27.8. The summed E-state index contributed by atoms with van der Waals surface area (Å²) in [6.45, 7) is 1.99. The lowest BCUT2D eigenvalue weighted by atomic mass is 9.98. The number of aryl methyl sites for hydroxylation is 1. The van der Waals surface area contributed by atoms with Crippen LogP contribution in [0.4, 0.5) is 14.5 Å². The number of imide groups is 2. The number of hydrogen-bond donors (Lipinski definition) is 1. The van der Waals surface area contributed by atoms with E-state index in [1.165, 1.54) is 4.68 Å². The van der Waals surface area contributed by atoms with E-state index < -0.39 is 52.4 Å². The number of alkyl halides is 2. The van der Waals surface area contributed by atoms with Gasteiger partial charge in [0.25, 0.3) is 18.2 Å². The smallest absolute Gasteiger partial charge is 0.303 e. The first-order valence-corrected chi connectivity index (χ1v) is 12.7. The Balaban J connectivity index is 1.18. The average molecular weight is 545 g/mol. The first-order valence-electron chi connectivity index (χ1n) is 12.7. The van der Waals surface area contributed by atoms with E-state index in [0.717, 1.165) is 11.1 Å². The molecular weight excluding hydrogens is 518 g/mol. The highest BCUT2D eigenvalue weighted by Gasteiger charge is 2.45. The Hall–Kier alpha value is -4.07. The van der Waals surface area contributed by atoms with Crippen LogP contribution in [0.3, 0.4) is 0 Å². The van der Waals surface area contributed by atoms with E-state index in [2.05, 4.69) is 15.3 Å². The van der Waals surface area contributed by atoms with Crippen molar-refractivity contribution in [2.24, 2.45) is 0 Å². The van der Waals surface area contributed by atoms with Gasteiger partial charge in [0.1, 0.15) is 12.2 Å². The van der Waals surface area contributed by atoms with Gasteiger partial charge < -0.3 is 4.90 Å². The number of nitrogens with one attached hydrogen (secondary N) is 1. The number of benzene rings is 1. The van der Waals surface area contributed by atoms with E-state index in [-0.39, 0.29) is 24.4 Å². The molecule has 0 radical (unpaired) electrons. The third-order valence-electron chi connectivity index (χ3n) is 7.55. The van der Waals surface area contributed by atoms with Crippen LogP contribution >= 0.6 is 0 Å². The summed E-state index contributed by atoms with van der Waals surface area (Å²) >= 11 is 0. The molecule has 1 atom stereocenters. The molecule has 5 rings (SSSR count). The molecule has 0 aliphatic carbocycles. The van der Waals surface area contributed by atoms with Gasteiger partial charge in [-0.05, 0) is 50.3 Å². The van der Waals surface area contributed by atoms with Crippen molar-refractivity contribution >= 4 is 29.3 Å². The number of rotatable bonds is 8. The Morgan fingerprint density at radius 1 is 1.10 bits per heavy atom. The monoisotopic (exact) mass is 544 g/mol. The molecule has 1 aromatic carbocycles. The van der Waals surface area contributed by atoms with E-state index in [9.17, 15) is 38.1 Å². The van der Waals surface area contributed by atoms with E-state index in [4.69, 9.17) is 0 Å². The Morgan fingerprint density at radius 3 is 2.49 bits per heavy atom. The minimum atomic E-state index is -3.02. The van der Waals surface area contributed by atoms with Crippen molar-refractivity contribution in [3.05, 3.63) is 56.9 Å². The van der Waals surface area contributed by atoms with Gasteiger partial charge in [-0.25, -0.2) is 8.78 Å². The van der Waals surface area contributed by atoms with Crippen LogP contribution in [0.15, 0.2) is 24.4 Å². The lowest BCUT2D eigenvalue weighted by molar-refractivity contribution is -0.386. The summed E-state index contributed by atoms with van der Waals surface area (Å²) < 4.78 is 27.5. The molecule has 12 nitrogen and oxygen atoms in total. The van der Waals surface area contributed by atoms with Gasteiger partial charge in [-0.3, -0.25) is 44.2 Å². The number of likely N-dealkylation sites (tertiary alicyclic amines) is 1. The van der Waals surface area contributed by atoms with Crippen LogP contribution in [-0.4, -0.2) is 73.8 Å². The number of carbonyl (C=O) groups is 4. The molecule has 2 aromatic rings. The molecule has 1 unspecified atom stereocenters. The van der Waals surface area contributed by atoms with Crippen LogP contribution in [0.5, 0.6) is 0 Å². The number of nitrogens with zero attached hydrogens (tertiary/aromatic N) is 5. The number of nitro groups is 1. The third-order valence-corrected chi connectivity index (χ3v) is 7.55. The maximum absolute atomic E-state index is 13.2. The van der Waals surface area contributed by atoms with Crippen molar-refractivity contribution in [2.75, 3.05) is 19.6 Å². The van der Waals surface area contributed by atoms with Gasteiger partial charge in [-0.2, -0.15) is 5.10 Å². The van der Waals surface area contributed by atoms with Crippen molar-refractivity contribution in [3.63, 3.8) is 0 Å². The Kier molecular flexibility index (Phi) is 7.21. The van der Waals surface area contributed by atoms with Crippen molar-refractivity contribution in [3.8, 4) is 0 Å². The largest absolute Gasteiger partial charge is 0.316 e. The fraction of sp³-hybridized carbons (Fsp3) is 0.480. The van der Waals surface area contributed by atoms with Crippen molar-refractivity contribution in [1.29, 1.82) is 0 Å². The zero-order valence-corrected chi connectivity index (χ0v) is 20.8. The molecule has 2 saturated heterocycles. The van der Waals surface area contributed by atoms with Crippen molar-refractivity contribution < 1.29 is 32.9 Å². The number of amides is 4. The van der Waals surface area contributed by atoms with E-state index in [0.29, 0.717) is 56.4 Å². The first-order chi connectivity index (χ1) is 18.7. The number of hydrogen-bond acceptors (Lipinski definition) is 8. The SMILES string of the molecule is O=C1CCC(N2C(=O)c3cccc(CCCN4CCC(n5cc([N+](=O)[O-])c(C(F)F)n5)CC4)c3C2=O)C(=O)N1. The minimum absolute atomic E-state index is 0.0536. The normalized spacial score (nSPS) is 20.6. The zero-order valence-electron chi connectivity index (χ0n) is 20.8. The van der Waals surface area contributed by atoms with E-state index in [1.807, 2.05) is 0 Å². The second-order valence-corrected chi connectivity index (χ2v) is 9.90. The molecule has 14 heteroatoms. The molecule has 0 spiro atoms. The van der Waals surface area contributed by atoms with Crippen LogP contribution < -0.4 is 5.32 Å². The highest BCUT2D eigenvalue weighted by atomic mass is 19.3. The third kappa shape index (κ3) is 5.03. The van der Waals surface area contributed by atoms with Crippen LogP contribution in [0, 0.1) is 10.1 Å². The quantitative estimate of drug-likeness (QED) is 0.303. The Labute approximate surface area is 221 Å². The molecular formula is C25H26F2N6O6. The topological polar surface area (TPSA) is 148 Å². The summed E-state index contributed by atoms with van der Waals surface area (Å²) in [6.07, 6.45) is 0.595. The first kappa shape index (κ1) is 26.5. The predicted molar refractivity (Wildman–Crippen MR) is 130 cm³/mol. The van der Waals surface area contributed by atoms with Crippen molar-refractivity contribution in [2.45, 2.75) is 57.0 Å². The van der Waals surface area contributed by atoms with Crippen molar-refractivity contribution in [1.82, 2.24) is 24.9 Å². The van der Waals surface area contributed by atoms with Gasteiger partial charge in [0.05, 0.1) is 22.1 Å². The molecule has 0 bridgehead atoms. The second kappa shape index (κ2) is 10.6. The molecule has 206 valence electrons. The summed E-state index contributed by atoms with van der Waals surface area (Å²) in [5.74, 6) is -2.15. The fourth-order valence-corrected chi connectivity index (χ4v) is 5.57. The summed E-state index contributed by atoms with van der Waals surface area (Å²) in [5, 5.41) is 17.0. The van der Waals surface area contributed by atoms with E-state index in [1.54, 1.807) is 18.2 Å². The summed E-state index contributed by atoms with van der Waals surface area (Å²) in [7, 11) is 0. The number of piperidine rings is 2. The minimum Gasteiger partial charge on any atom is -0.303 e. The average Bonchev–Trinajstić information content (AvgIpc) is 3.46. The molecule has 1 aromatic heterocycles. The predicted octanol–water partition coefficient (Wildman–Crippen LogP) is 2.40. The van der Waals surface area contributed by atoms with Crippen LogP contribution in [0.1, 0.15) is 76.5 Å². The van der Waals surface area contributed by atoms with Gasteiger partial charge in [-0.15, -0.1) is 0 Å². The molecule has 3 aliphatic rings. The standard InChI is InChI=1S/C25H26F2N6O6/c26-22(27)21-18(33(38)39)13-31(29-21)15-8-11-30(12-9-15)10-2-4-14-3-1-5-16-20(14)25(37)32(24(16)36)17-6-7-19(34)28-23(17)35/h1,3,5,13,15,17,22H,2,4,6-12H2,(H,28,34,35). The summed E-state index contributed by atoms with van der Waals surface area (Å²) in [6, 6.07) is 3.82. The molecule has 3 aliphatic heterocycles. The Morgan fingerprint density at radius 2 is 1.85 bits per heavy atom. The van der Waals surface area contributed by atoms with Crippen LogP contribution in [-0.2, 0) is 16.0 Å². The van der Waals surface area contributed by atoms with E-state index >= 15 is 0 Å². The number of aromatic nitrogens is 2. The maximum Gasteiger partial charge on any atom is 0.316 e. The molecule has 2 fully saturated rings. The molecule has 39 heavy (non-hydrogen) atoms. The summed E-state index contributed by atoms with van der Waals surface area (Å²) in [5.41, 5.74) is -0.242. The Bertz CT molecular complexity index is 1350. The molecule has 1 N–H and O–H groups in total. The molecule has 0 saturated carbocycles. The molecule has 4 amide bonds. The van der Waals surface area contributed by atoms with Crippen LogP contribution in [0.25, 0.3) is 0 Å². The number of fused-ring (bicyclic) bond motifs is 1. The highest BCUT2D eigenvalue weighted by Crippen LogP contribution is 2.32.